The summed E-state index contributed by atoms with van der Waals surface area (Å²) in [6, 6.07) is 29.3. The molecule has 190 valence electrons. The maximum Gasteiger partial charge on any atom is 0.326 e. The van der Waals surface area contributed by atoms with Gasteiger partial charge in [0.1, 0.15) is 11.5 Å². The molecule has 0 radical (unpaired) electrons. The Morgan fingerprint density at radius 2 is 1.54 bits per heavy atom. The van der Waals surface area contributed by atoms with E-state index in [1.54, 1.807) is 30.3 Å². The van der Waals surface area contributed by atoms with E-state index in [4.69, 9.17) is 16.3 Å². The second-order valence-corrected chi connectivity index (χ2v) is 10.4. The van der Waals surface area contributed by atoms with Crippen LogP contribution in [0.15, 0.2) is 108 Å². The maximum absolute atomic E-state index is 13.3. The molecule has 2 amide bonds. The van der Waals surface area contributed by atoms with Crippen molar-refractivity contribution < 1.29 is 17.9 Å². The predicted molar refractivity (Wildman–Crippen MR) is 147 cm³/mol. The SMILES string of the molecule is Cc1cccc(NC(=O)N(CCNS(=O)(=O)c2ccc(Cl)cc2)c2ccc(Oc3ccccc3)cc2)c1. The van der Waals surface area contributed by atoms with Crippen molar-refractivity contribution >= 4 is 39.0 Å². The van der Waals surface area contributed by atoms with Crippen LogP contribution < -0.4 is 19.7 Å². The van der Waals surface area contributed by atoms with Gasteiger partial charge in [0.2, 0.25) is 10.0 Å². The van der Waals surface area contributed by atoms with Crippen LogP contribution in [0.5, 0.6) is 11.5 Å². The Bertz CT molecular complexity index is 1450. The minimum atomic E-state index is -3.77. The number of halogens is 1. The van der Waals surface area contributed by atoms with Gasteiger partial charge in [-0.2, -0.15) is 0 Å². The van der Waals surface area contributed by atoms with Crippen LogP contribution >= 0.6 is 11.6 Å². The molecule has 0 atom stereocenters. The highest BCUT2D eigenvalue weighted by molar-refractivity contribution is 7.89. The summed E-state index contributed by atoms with van der Waals surface area (Å²) in [6.07, 6.45) is 0. The van der Waals surface area contributed by atoms with Crippen molar-refractivity contribution in [3.63, 3.8) is 0 Å². The minimum Gasteiger partial charge on any atom is -0.457 e. The normalized spacial score (nSPS) is 11.1. The lowest BCUT2D eigenvalue weighted by Gasteiger charge is -2.24. The number of nitrogens with one attached hydrogen (secondary N) is 2. The van der Waals surface area contributed by atoms with Crippen LogP contribution in [0, 0.1) is 6.92 Å². The van der Waals surface area contributed by atoms with Crippen LogP contribution in [0.3, 0.4) is 0 Å². The van der Waals surface area contributed by atoms with Crippen LogP contribution in [-0.4, -0.2) is 27.5 Å². The summed E-state index contributed by atoms with van der Waals surface area (Å²) in [5, 5.41) is 3.33. The number of aryl methyl sites for hydroxylation is 1. The molecule has 0 aliphatic rings. The van der Waals surface area contributed by atoms with Gasteiger partial charge in [0.05, 0.1) is 4.90 Å². The van der Waals surface area contributed by atoms with Gasteiger partial charge in [0, 0.05) is 29.5 Å². The largest absolute Gasteiger partial charge is 0.457 e. The fourth-order valence-electron chi connectivity index (χ4n) is 3.57. The summed E-state index contributed by atoms with van der Waals surface area (Å²) in [5.74, 6) is 1.30. The number of nitrogens with zero attached hydrogens (tertiary/aromatic N) is 1. The summed E-state index contributed by atoms with van der Waals surface area (Å²) in [4.78, 5) is 14.8. The number of rotatable bonds is 9. The number of hydrogen-bond donors (Lipinski definition) is 2. The van der Waals surface area contributed by atoms with Gasteiger partial charge >= 0.3 is 6.03 Å². The topological polar surface area (TPSA) is 87.7 Å². The summed E-state index contributed by atoms with van der Waals surface area (Å²) in [5.41, 5.74) is 2.22. The first kappa shape index (κ1) is 26.2. The molecule has 37 heavy (non-hydrogen) atoms. The Kier molecular flexibility index (Phi) is 8.45. The Morgan fingerprint density at radius 3 is 2.22 bits per heavy atom. The average molecular weight is 536 g/mol. The molecule has 0 spiro atoms. The zero-order valence-electron chi connectivity index (χ0n) is 20.1. The summed E-state index contributed by atoms with van der Waals surface area (Å²) < 4.78 is 33.8. The van der Waals surface area contributed by atoms with Gasteiger partial charge in [-0.1, -0.05) is 41.9 Å². The molecular weight excluding hydrogens is 510 g/mol. The summed E-state index contributed by atoms with van der Waals surface area (Å²) >= 11 is 5.87. The van der Waals surface area contributed by atoms with Crippen LogP contribution in [0.2, 0.25) is 5.02 Å². The number of amides is 2. The van der Waals surface area contributed by atoms with Crippen molar-refractivity contribution in [3.8, 4) is 11.5 Å². The maximum atomic E-state index is 13.3. The fourth-order valence-corrected chi connectivity index (χ4v) is 4.72. The molecule has 0 unspecified atom stereocenters. The third kappa shape index (κ3) is 7.33. The second-order valence-electron chi connectivity index (χ2n) is 8.21. The third-order valence-electron chi connectivity index (χ3n) is 5.39. The van der Waals surface area contributed by atoms with E-state index in [0.29, 0.717) is 27.9 Å². The third-order valence-corrected chi connectivity index (χ3v) is 7.12. The Balaban J connectivity index is 1.50. The van der Waals surface area contributed by atoms with E-state index in [9.17, 15) is 13.2 Å². The first-order valence-corrected chi connectivity index (χ1v) is 13.4. The zero-order chi connectivity index (χ0) is 26.3. The lowest BCUT2D eigenvalue weighted by atomic mass is 10.2. The molecule has 0 saturated heterocycles. The number of benzene rings is 4. The molecule has 0 saturated carbocycles. The highest BCUT2D eigenvalue weighted by Crippen LogP contribution is 2.25. The minimum absolute atomic E-state index is 0.00549. The van der Waals surface area contributed by atoms with Gasteiger partial charge in [0.15, 0.2) is 0 Å². The average Bonchev–Trinajstić information content (AvgIpc) is 2.88. The van der Waals surface area contributed by atoms with E-state index in [1.165, 1.54) is 29.2 Å². The Labute approximate surface area is 221 Å². The number of anilines is 2. The molecule has 2 N–H and O–H groups in total. The van der Waals surface area contributed by atoms with E-state index < -0.39 is 16.1 Å². The quantitative estimate of drug-likeness (QED) is 0.257. The number of carbonyl (C=O) groups excluding carboxylic acids is 1. The smallest absolute Gasteiger partial charge is 0.326 e. The van der Waals surface area contributed by atoms with Gasteiger partial charge in [0.25, 0.3) is 0 Å². The molecule has 4 aromatic rings. The molecule has 9 heteroatoms. The van der Waals surface area contributed by atoms with E-state index in [2.05, 4.69) is 10.0 Å². The predicted octanol–water partition coefficient (Wildman–Crippen LogP) is 6.46. The standard InChI is InChI=1S/C28H26ClN3O4S/c1-21-6-5-7-23(20-21)31-28(33)32(19-18-30-37(34,35)27-16-10-22(29)11-17-27)24-12-14-26(15-13-24)36-25-8-3-2-4-9-25/h2-17,20,30H,18-19H2,1H3,(H,31,33). The Hall–Kier alpha value is -3.85. The van der Waals surface area contributed by atoms with E-state index in [0.717, 1.165) is 5.56 Å². The van der Waals surface area contributed by atoms with Crippen molar-refractivity contribution in [2.45, 2.75) is 11.8 Å². The highest BCUT2D eigenvalue weighted by Gasteiger charge is 2.19. The van der Waals surface area contributed by atoms with Crippen molar-refractivity contribution in [2.75, 3.05) is 23.3 Å². The van der Waals surface area contributed by atoms with Crippen molar-refractivity contribution in [1.29, 1.82) is 0 Å². The van der Waals surface area contributed by atoms with E-state index in [1.807, 2.05) is 55.5 Å². The Morgan fingerprint density at radius 1 is 0.865 bits per heavy atom. The first-order chi connectivity index (χ1) is 17.8. The molecule has 0 fully saturated rings. The van der Waals surface area contributed by atoms with Crippen molar-refractivity contribution in [1.82, 2.24) is 4.72 Å². The number of carbonyl (C=O) groups is 1. The fraction of sp³-hybridized carbons (Fsp3) is 0.107. The lowest BCUT2D eigenvalue weighted by Crippen LogP contribution is -2.41. The van der Waals surface area contributed by atoms with Crippen LogP contribution in [-0.2, 0) is 10.0 Å². The number of urea groups is 1. The molecule has 0 bridgehead atoms. The number of ether oxygens (including phenoxy) is 1. The van der Waals surface area contributed by atoms with Crippen LogP contribution in [0.25, 0.3) is 0 Å². The molecule has 0 aliphatic carbocycles. The van der Waals surface area contributed by atoms with E-state index in [-0.39, 0.29) is 18.0 Å². The molecule has 0 aliphatic heterocycles. The van der Waals surface area contributed by atoms with Gasteiger partial charge in [-0.05, 0) is 85.3 Å². The van der Waals surface area contributed by atoms with Gasteiger partial charge in [-0.3, -0.25) is 4.90 Å². The van der Waals surface area contributed by atoms with Gasteiger partial charge in [-0.15, -0.1) is 0 Å². The van der Waals surface area contributed by atoms with Crippen molar-refractivity contribution in [2.24, 2.45) is 0 Å². The molecule has 0 heterocycles. The molecule has 7 nitrogen and oxygen atoms in total. The number of para-hydroxylation sites is 1. The van der Waals surface area contributed by atoms with Crippen LogP contribution in [0.1, 0.15) is 5.56 Å². The lowest BCUT2D eigenvalue weighted by molar-refractivity contribution is 0.257. The zero-order valence-corrected chi connectivity index (χ0v) is 21.7. The molecule has 4 aromatic carbocycles. The number of sulfonamides is 1. The van der Waals surface area contributed by atoms with Gasteiger partial charge < -0.3 is 10.1 Å². The van der Waals surface area contributed by atoms with Gasteiger partial charge in [-0.25, -0.2) is 17.9 Å². The second kappa shape index (κ2) is 11.9. The van der Waals surface area contributed by atoms with Crippen molar-refractivity contribution in [3.05, 3.63) is 114 Å². The molecule has 4 rings (SSSR count). The number of hydrogen-bond acceptors (Lipinski definition) is 4. The van der Waals surface area contributed by atoms with Crippen LogP contribution in [0.4, 0.5) is 16.2 Å². The van der Waals surface area contributed by atoms with E-state index >= 15 is 0 Å². The monoisotopic (exact) mass is 535 g/mol. The summed E-state index contributed by atoms with van der Waals surface area (Å²) in [7, 11) is -3.77. The molecule has 0 aromatic heterocycles. The highest BCUT2D eigenvalue weighted by atomic mass is 35.5. The summed E-state index contributed by atoms with van der Waals surface area (Å²) in [6.45, 7) is 2.02. The first-order valence-electron chi connectivity index (χ1n) is 11.5. The molecular formula is C28H26ClN3O4S.